The van der Waals surface area contributed by atoms with Crippen LogP contribution < -0.4 is 20.1 Å². The molecule has 0 bridgehead atoms. The van der Waals surface area contributed by atoms with Crippen LogP contribution in [0, 0.1) is 23.0 Å². The fraction of sp³-hybridized carbons (Fsp3) is 0.167. The summed E-state index contributed by atoms with van der Waals surface area (Å²) in [6.07, 6.45) is 4.57. The van der Waals surface area contributed by atoms with Gasteiger partial charge in [-0.2, -0.15) is 5.26 Å². The van der Waals surface area contributed by atoms with Crippen molar-refractivity contribution in [2.75, 3.05) is 37.9 Å². The molecule has 40 heavy (non-hydrogen) atoms. The first-order chi connectivity index (χ1) is 19.3. The maximum absolute atomic E-state index is 14.9. The van der Waals surface area contributed by atoms with Crippen molar-refractivity contribution in [3.8, 4) is 23.3 Å². The lowest BCUT2D eigenvalue weighted by molar-refractivity contribution is -0.111. The van der Waals surface area contributed by atoms with E-state index >= 15 is 0 Å². The van der Waals surface area contributed by atoms with Gasteiger partial charge in [0.15, 0.2) is 11.6 Å². The van der Waals surface area contributed by atoms with Gasteiger partial charge >= 0.3 is 0 Å². The lowest BCUT2D eigenvalue weighted by Gasteiger charge is -2.16. The number of nitrogens with one attached hydrogen (secondary N) is 2. The average Bonchev–Trinajstić information content (AvgIpc) is 2.92. The number of benzene rings is 3. The first-order valence-electron chi connectivity index (χ1n) is 12.4. The maximum atomic E-state index is 14.9. The second kappa shape index (κ2) is 12.7. The summed E-state index contributed by atoms with van der Waals surface area (Å²) in [7, 11) is 3.79. The smallest absolute Gasteiger partial charge is 0.248 e. The Morgan fingerprint density at radius 2 is 1.88 bits per heavy atom. The molecule has 4 rings (SSSR count). The van der Waals surface area contributed by atoms with Crippen LogP contribution in [0.1, 0.15) is 12.5 Å². The SMILES string of the molecule is CCOc1cc2ncc(C#N)c(Nc3ccc(Oc4ccc(F)cc4)c(F)c3)c2cc1NC(=O)/C=C/CN(C)C. The number of halogens is 2. The number of fused-ring (bicyclic) bond motifs is 1. The highest BCUT2D eigenvalue weighted by molar-refractivity contribution is 6.04. The summed E-state index contributed by atoms with van der Waals surface area (Å²) >= 11 is 0. The van der Waals surface area contributed by atoms with E-state index in [1.165, 1.54) is 48.7 Å². The molecule has 0 atom stereocenters. The molecule has 0 saturated carbocycles. The lowest BCUT2D eigenvalue weighted by Crippen LogP contribution is -2.13. The molecule has 0 aliphatic carbocycles. The average molecular weight is 544 g/mol. The second-order valence-electron chi connectivity index (χ2n) is 8.94. The zero-order valence-electron chi connectivity index (χ0n) is 22.2. The molecule has 204 valence electrons. The molecular weight excluding hydrogens is 516 g/mol. The number of likely N-dealkylation sites (N-methyl/N-ethyl adjacent to an activating group) is 1. The van der Waals surface area contributed by atoms with Gasteiger partial charge in [0.2, 0.25) is 5.91 Å². The topological polar surface area (TPSA) is 99.5 Å². The van der Waals surface area contributed by atoms with Gasteiger partial charge in [-0.15, -0.1) is 0 Å². The van der Waals surface area contributed by atoms with Crippen LogP contribution in [0.25, 0.3) is 10.9 Å². The Hall–Kier alpha value is -5.01. The molecule has 0 aliphatic heterocycles. The minimum atomic E-state index is -0.665. The van der Waals surface area contributed by atoms with Crippen LogP contribution in [-0.4, -0.2) is 43.0 Å². The first-order valence-corrected chi connectivity index (χ1v) is 12.4. The summed E-state index contributed by atoms with van der Waals surface area (Å²) in [5, 5.41) is 16.2. The van der Waals surface area contributed by atoms with E-state index in [1.807, 2.05) is 25.9 Å². The van der Waals surface area contributed by atoms with Gasteiger partial charge < -0.3 is 25.0 Å². The summed E-state index contributed by atoms with van der Waals surface area (Å²) in [4.78, 5) is 18.9. The summed E-state index contributed by atoms with van der Waals surface area (Å²) in [6.45, 7) is 2.78. The predicted octanol–water partition coefficient (Wildman–Crippen LogP) is 6.38. The summed E-state index contributed by atoms with van der Waals surface area (Å²) in [5.41, 5.74) is 1.83. The highest BCUT2D eigenvalue weighted by atomic mass is 19.1. The summed E-state index contributed by atoms with van der Waals surface area (Å²) in [5.74, 6) is -0.791. The third-order valence-electron chi connectivity index (χ3n) is 5.63. The van der Waals surface area contributed by atoms with Crippen molar-refractivity contribution < 1.29 is 23.0 Å². The van der Waals surface area contributed by atoms with Crippen molar-refractivity contribution in [1.29, 1.82) is 5.26 Å². The molecule has 0 fully saturated rings. The van der Waals surface area contributed by atoms with Gasteiger partial charge in [-0.25, -0.2) is 8.78 Å². The van der Waals surface area contributed by atoms with Crippen molar-refractivity contribution in [3.63, 3.8) is 0 Å². The number of hydrogen-bond acceptors (Lipinski definition) is 7. The van der Waals surface area contributed by atoms with Crippen molar-refractivity contribution in [2.24, 2.45) is 0 Å². The number of ether oxygens (including phenoxy) is 2. The summed E-state index contributed by atoms with van der Waals surface area (Å²) in [6, 6.07) is 14.9. The molecule has 10 heteroatoms. The summed E-state index contributed by atoms with van der Waals surface area (Å²) < 4.78 is 39.3. The molecule has 0 unspecified atom stereocenters. The minimum Gasteiger partial charge on any atom is -0.492 e. The zero-order valence-corrected chi connectivity index (χ0v) is 22.2. The second-order valence-corrected chi connectivity index (χ2v) is 8.94. The van der Waals surface area contributed by atoms with Crippen molar-refractivity contribution >= 4 is 33.9 Å². The van der Waals surface area contributed by atoms with Gasteiger partial charge in [-0.05, 0) is 63.5 Å². The number of rotatable bonds is 10. The van der Waals surface area contributed by atoms with E-state index in [1.54, 1.807) is 24.3 Å². The number of aromatic nitrogens is 1. The van der Waals surface area contributed by atoms with Crippen molar-refractivity contribution in [2.45, 2.75) is 6.92 Å². The number of anilines is 3. The van der Waals surface area contributed by atoms with Crippen molar-refractivity contribution in [3.05, 3.63) is 90.1 Å². The van der Waals surface area contributed by atoms with Gasteiger partial charge in [0.05, 0.1) is 29.1 Å². The molecule has 3 aromatic carbocycles. The molecule has 1 aromatic heterocycles. The quantitative estimate of drug-likeness (QED) is 0.224. The monoisotopic (exact) mass is 543 g/mol. The number of nitriles is 1. The molecule has 2 N–H and O–H groups in total. The number of hydrogen-bond donors (Lipinski definition) is 2. The van der Waals surface area contributed by atoms with Crippen molar-refractivity contribution in [1.82, 2.24) is 9.88 Å². The molecule has 0 saturated heterocycles. The van der Waals surface area contributed by atoms with E-state index in [0.717, 1.165) is 0 Å². The highest BCUT2D eigenvalue weighted by Crippen LogP contribution is 2.37. The lowest BCUT2D eigenvalue weighted by atomic mass is 10.1. The third kappa shape index (κ3) is 6.89. The van der Waals surface area contributed by atoms with Crippen LogP contribution in [0.15, 0.2) is 72.9 Å². The Labute approximate surface area is 230 Å². The van der Waals surface area contributed by atoms with Crippen LogP contribution in [0.4, 0.5) is 25.8 Å². The fourth-order valence-electron chi connectivity index (χ4n) is 3.79. The Kier molecular flexibility index (Phi) is 8.89. The Bertz CT molecular complexity index is 1600. The van der Waals surface area contributed by atoms with E-state index in [-0.39, 0.29) is 23.0 Å². The van der Waals surface area contributed by atoms with Crippen LogP contribution >= 0.6 is 0 Å². The molecule has 0 aliphatic rings. The molecular formula is C30H27F2N5O3. The van der Waals surface area contributed by atoms with Crippen LogP contribution in [-0.2, 0) is 4.79 Å². The molecule has 0 radical (unpaired) electrons. The zero-order chi connectivity index (χ0) is 28.6. The number of carbonyl (C=O) groups is 1. The van der Waals surface area contributed by atoms with Crippen LogP contribution in [0.2, 0.25) is 0 Å². The van der Waals surface area contributed by atoms with E-state index < -0.39 is 11.6 Å². The fourth-order valence-corrected chi connectivity index (χ4v) is 3.79. The minimum absolute atomic E-state index is 0.0501. The highest BCUT2D eigenvalue weighted by Gasteiger charge is 2.16. The van der Waals surface area contributed by atoms with Gasteiger partial charge in [-0.3, -0.25) is 9.78 Å². The largest absolute Gasteiger partial charge is 0.492 e. The van der Waals surface area contributed by atoms with Gasteiger partial charge in [-0.1, -0.05) is 6.08 Å². The Morgan fingerprint density at radius 3 is 2.55 bits per heavy atom. The first kappa shape index (κ1) is 28.0. The number of nitrogens with zero attached hydrogens (tertiary/aromatic N) is 3. The van der Waals surface area contributed by atoms with E-state index in [2.05, 4.69) is 21.7 Å². The van der Waals surface area contributed by atoms with Gasteiger partial charge in [0, 0.05) is 42.0 Å². The van der Waals surface area contributed by atoms with E-state index in [0.29, 0.717) is 46.9 Å². The van der Waals surface area contributed by atoms with Gasteiger partial charge in [0.25, 0.3) is 0 Å². The van der Waals surface area contributed by atoms with E-state index in [9.17, 15) is 18.8 Å². The normalized spacial score (nSPS) is 11.0. The molecule has 8 nitrogen and oxygen atoms in total. The van der Waals surface area contributed by atoms with Crippen LogP contribution in [0.5, 0.6) is 17.2 Å². The maximum Gasteiger partial charge on any atom is 0.248 e. The Balaban J connectivity index is 1.68. The molecule has 0 spiro atoms. The third-order valence-corrected chi connectivity index (χ3v) is 5.63. The molecule has 4 aromatic rings. The van der Waals surface area contributed by atoms with E-state index in [4.69, 9.17) is 9.47 Å². The molecule has 1 heterocycles. The Morgan fingerprint density at radius 1 is 1.10 bits per heavy atom. The molecule has 1 amide bonds. The number of pyridine rings is 1. The van der Waals surface area contributed by atoms with Crippen LogP contribution in [0.3, 0.4) is 0 Å². The van der Waals surface area contributed by atoms with Gasteiger partial charge in [0.1, 0.15) is 23.4 Å². The standard InChI is InChI=1S/C30H27F2N5O3/c1-4-39-28-16-25-23(15-26(28)36-29(38)6-5-13-37(2)3)30(19(17-33)18-34-25)35-21-9-12-27(24(32)14-21)40-22-10-7-20(31)8-11-22/h5-12,14-16,18H,4,13H2,1-3H3,(H,34,35)(H,36,38)/b6-5+. The predicted molar refractivity (Wildman–Crippen MR) is 150 cm³/mol. The number of carbonyl (C=O) groups excluding carboxylic acids is 1. The number of amides is 1.